The van der Waals surface area contributed by atoms with E-state index in [1.165, 1.54) is 44.1 Å². The number of hydrogen-bond acceptors (Lipinski definition) is 1. The zero-order chi connectivity index (χ0) is 13.9. The number of rotatable bonds is 10. The van der Waals surface area contributed by atoms with E-state index in [4.69, 9.17) is 0 Å². The molecule has 19 heavy (non-hydrogen) atoms. The summed E-state index contributed by atoms with van der Waals surface area (Å²) in [4.78, 5) is 0. The first-order chi connectivity index (χ1) is 9.24. The lowest BCUT2D eigenvalue weighted by molar-refractivity contribution is 0.177. The van der Waals surface area contributed by atoms with E-state index in [1.54, 1.807) is 0 Å². The van der Waals surface area contributed by atoms with Gasteiger partial charge in [-0.05, 0) is 37.7 Å². The Hall–Kier alpha value is -0.820. The number of hydrogen-bond donors (Lipinski definition) is 1. The molecule has 2 unspecified atom stereocenters. The maximum atomic E-state index is 9.49. The monoisotopic (exact) mass is 262 g/mol. The fraction of sp³-hybridized carbons (Fsp3) is 0.667. The van der Waals surface area contributed by atoms with E-state index in [0.29, 0.717) is 5.92 Å². The second-order valence-corrected chi connectivity index (χ2v) is 5.74. The van der Waals surface area contributed by atoms with Crippen LogP contribution in [0.25, 0.3) is 0 Å². The summed E-state index contributed by atoms with van der Waals surface area (Å²) in [5.74, 6) is 0.623. The lowest BCUT2D eigenvalue weighted by Gasteiger charge is -2.18. The van der Waals surface area contributed by atoms with Gasteiger partial charge in [-0.3, -0.25) is 0 Å². The molecule has 0 aromatic heterocycles. The van der Waals surface area contributed by atoms with E-state index in [9.17, 15) is 5.11 Å². The summed E-state index contributed by atoms with van der Waals surface area (Å²) in [6, 6.07) is 10.8. The van der Waals surface area contributed by atoms with Crippen LogP contribution in [0.1, 0.15) is 76.7 Å². The standard InChI is InChI=1S/C18H30O/c1-3-4-5-6-8-13-18(15-14-16(2)19)17-11-9-7-10-12-17/h7,9-12,16,18-19H,3-6,8,13-15H2,1-2H3. The van der Waals surface area contributed by atoms with Gasteiger partial charge in [0.2, 0.25) is 0 Å². The third kappa shape index (κ3) is 7.37. The van der Waals surface area contributed by atoms with Crippen LogP contribution < -0.4 is 0 Å². The molecule has 0 saturated carbocycles. The van der Waals surface area contributed by atoms with Crippen LogP contribution in [0.4, 0.5) is 0 Å². The minimum absolute atomic E-state index is 0.175. The van der Waals surface area contributed by atoms with Gasteiger partial charge in [0.15, 0.2) is 0 Å². The van der Waals surface area contributed by atoms with Gasteiger partial charge in [0, 0.05) is 0 Å². The summed E-state index contributed by atoms with van der Waals surface area (Å²) >= 11 is 0. The van der Waals surface area contributed by atoms with Crippen LogP contribution in [0.3, 0.4) is 0 Å². The van der Waals surface area contributed by atoms with Crippen molar-refractivity contribution < 1.29 is 5.11 Å². The van der Waals surface area contributed by atoms with Gasteiger partial charge >= 0.3 is 0 Å². The van der Waals surface area contributed by atoms with Gasteiger partial charge in [-0.2, -0.15) is 0 Å². The summed E-state index contributed by atoms with van der Waals surface area (Å²) in [6.07, 6.45) is 9.82. The molecule has 2 atom stereocenters. The highest BCUT2D eigenvalue weighted by molar-refractivity contribution is 5.19. The molecule has 0 spiro atoms. The van der Waals surface area contributed by atoms with Crippen molar-refractivity contribution in [1.29, 1.82) is 0 Å². The van der Waals surface area contributed by atoms with Crippen molar-refractivity contribution >= 4 is 0 Å². The van der Waals surface area contributed by atoms with Crippen LogP contribution >= 0.6 is 0 Å². The molecule has 1 heteroatoms. The minimum atomic E-state index is -0.175. The zero-order valence-corrected chi connectivity index (χ0v) is 12.6. The smallest absolute Gasteiger partial charge is 0.0512 e. The predicted molar refractivity (Wildman–Crippen MR) is 83.5 cm³/mol. The van der Waals surface area contributed by atoms with Crippen molar-refractivity contribution in [1.82, 2.24) is 0 Å². The number of unbranched alkanes of at least 4 members (excludes halogenated alkanes) is 4. The van der Waals surface area contributed by atoms with E-state index in [2.05, 4.69) is 37.3 Å². The molecule has 1 rings (SSSR count). The number of benzene rings is 1. The molecular formula is C18H30O. The van der Waals surface area contributed by atoms with E-state index >= 15 is 0 Å². The Kier molecular flexibility index (Phi) is 8.57. The second kappa shape index (κ2) is 10.0. The molecule has 0 radical (unpaired) electrons. The number of aliphatic hydroxyl groups excluding tert-OH is 1. The highest BCUT2D eigenvalue weighted by atomic mass is 16.3. The molecule has 0 aliphatic heterocycles. The first-order valence-electron chi connectivity index (χ1n) is 7.97. The molecule has 0 aliphatic carbocycles. The summed E-state index contributed by atoms with van der Waals surface area (Å²) in [5.41, 5.74) is 1.44. The van der Waals surface area contributed by atoms with Crippen LogP contribution in [-0.2, 0) is 0 Å². The maximum absolute atomic E-state index is 9.49. The summed E-state index contributed by atoms with van der Waals surface area (Å²) < 4.78 is 0. The average Bonchev–Trinajstić information content (AvgIpc) is 2.42. The topological polar surface area (TPSA) is 20.2 Å². The second-order valence-electron chi connectivity index (χ2n) is 5.74. The van der Waals surface area contributed by atoms with Gasteiger partial charge in [-0.1, -0.05) is 69.4 Å². The fourth-order valence-electron chi connectivity index (χ4n) is 2.64. The quantitative estimate of drug-likeness (QED) is 0.568. The van der Waals surface area contributed by atoms with Crippen LogP contribution in [0.5, 0.6) is 0 Å². The van der Waals surface area contributed by atoms with Gasteiger partial charge < -0.3 is 5.11 Å². The lowest BCUT2D eigenvalue weighted by Crippen LogP contribution is -2.05. The largest absolute Gasteiger partial charge is 0.393 e. The minimum Gasteiger partial charge on any atom is -0.393 e. The van der Waals surface area contributed by atoms with Crippen molar-refractivity contribution in [2.45, 2.75) is 77.2 Å². The van der Waals surface area contributed by atoms with E-state index in [-0.39, 0.29) is 6.10 Å². The summed E-state index contributed by atoms with van der Waals surface area (Å²) in [6.45, 7) is 4.15. The Morgan fingerprint density at radius 3 is 2.21 bits per heavy atom. The summed E-state index contributed by atoms with van der Waals surface area (Å²) in [5, 5.41) is 9.49. The summed E-state index contributed by atoms with van der Waals surface area (Å²) in [7, 11) is 0. The van der Waals surface area contributed by atoms with E-state index in [0.717, 1.165) is 12.8 Å². The Morgan fingerprint density at radius 2 is 1.58 bits per heavy atom. The normalized spacial score (nSPS) is 14.3. The zero-order valence-electron chi connectivity index (χ0n) is 12.6. The highest BCUT2D eigenvalue weighted by Gasteiger charge is 2.12. The SMILES string of the molecule is CCCCCCCC(CCC(C)O)c1ccccc1. The van der Waals surface area contributed by atoms with Crippen molar-refractivity contribution in [3.8, 4) is 0 Å². The van der Waals surface area contributed by atoms with Gasteiger partial charge in [-0.15, -0.1) is 0 Å². The van der Waals surface area contributed by atoms with Gasteiger partial charge in [-0.25, -0.2) is 0 Å². The number of aliphatic hydroxyl groups is 1. The Morgan fingerprint density at radius 1 is 0.895 bits per heavy atom. The first kappa shape index (κ1) is 16.2. The molecule has 0 saturated heterocycles. The van der Waals surface area contributed by atoms with E-state index < -0.39 is 0 Å². The molecule has 0 aliphatic rings. The Bertz CT molecular complexity index is 305. The highest BCUT2D eigenvalue weighted by Crippen LogP contribution is 2.28. The predicted octanol–water partition coefficient (Wildman–Crippen LogP) is 5.29. The molecule has 0 amide bonds. The Balaban J connectivity index is 2.41. The first-order valence-corrected chi connectivity index (χ1v) is 7.97. The third-order valence-corrected chi connectivity index (χ3v) is 3.86. The molecule has 1 aromatic rings. The van der Waals surface area contributed by atoms with Crippen LogP contribution in [0, 0.1) is 0 Å². The maximum Gasteiger partial charge on any atom is 0.0512 e. The van der Waals surface area contributed by atoms with Crippen LogP contribution in [0.2, 0.25) is 0 Å². The molecule has 1 nitrogen and oxygen atoms in total. The average molecular weight is 262 g/mol. The van der Waals surface area contributed by atoms with Crippen molar-refractivity contribution in [2.24, 2.45) is 0 Å². The third-order valence-electron chi connectivity index (χ3n) is 3.86. The fourth-order valence-corrected chi connectivity index (χ4v) is 2.64. The molecule has 1 aromatic carbocycles. The van der Waals surface area contributed by atoms with Crippen molar-refractivity contribution in [3.63, 3.8) is 0 Å². The van der Waals surface area contributed by atoms with Crippen LogP contribution in [-0.4, -0.2) is 11.2 Å². The molecule has 0 heterocycles. The van der Waals surface area contributed by atoms with Crippen molar-refractivity contribution in [3.05, 3.63) is 35.9 Å². The molecule has 1 N–H and O–H groups in total. The lowest BCUT2D eigenvalue weighted by atomic mass is 9.88. The molecular weight excluding hydrogens is 232 g/mol. The van der Waals surface area contributed by atoms with Gasteiger partial charge in [0.1, 0.15) is 0 Å². The van der Waals surface area contributed by atoms with Crippen molar-refractivity contribution in [2.75, 3.05) is 0 Å². The van der Waals surface area contributed by atoms with Gasteiger partial charge in [0.05, 0.1) is 6.10 Å². The van der Waals surface area contributed by atoms with Gasteiger partial charge in [0.25, 0.3) is 0 Å². The molecule has 0 bridgehead atoms. The molecule has 108 valence electrons. The van der Waals surface area contributed by atoms with Crippen LogP contribution in [0.15, 0.2) is 30.3 Å². The Labute approximate surface area is 119 Å². The molecule has 0 fully saturated rings. The van der Waals surface area contributed by atoms with E-state index in [1.807, 2.05) is 6.92 Å².